The van der Waals surface area contributed by atoms with E-state index in [0.717, 1.165) is 16.7 Å². The van der Waals surface area contributed by atoms with Crippen molar-refractivity contribution in [3.8, 4) is 11.5 Å². The second-order valence-corrected chi connectivity index (χ2v) is 4.36. The van der Waals surface area contributed by atoms with Crippen LogP contribution in [-0.2, 0) is 0 Å². The summed E-state index contributed by atoms with van der Waals surface area (Å²) in [7, 11) is 2.07. The fraction of sp³-hybridized carbons (Fsp3) is 0.0714. The van der Waals surface area contributed by atoms with Crippen LogP contribution in [0.25, 0.3) is 22.6 Å². The first-order valence-corrected chi connectivity index (χ1v) is 5.66. The first kappa shape index (κ1) is 10.1. The predicted octanol–water partition coefficient (Wildman–Crippen LogP) is 2.06. The summed E-state index contributed by atoms with van der Waals surface area (Å²) in [6, 6.07) is 14.3. The minimum Gasteiger partial charge on any atom is -0.436 e. The number of fused-ring (bicyclic) bond motifs is 1. The Kier molecular flexibility index (Phi) is 2.25. The summed E-state index contributed by atoms with van der Waals surface area (Å²) in [5, 5.41) is 0. The van der Waals surface area contributed by atoms with Crippen LogP contribution < -0.4 is 5.46 Å². The van der Waals surface area contributed by atoms with E-state index in [1.165, 1.54) is 11.0 Å². The third kappa shape index (κ3) is 1.84. The number of benzene rings is 2. The quantitative estimate of drug-likeness (QED) is 0.588. The third-order valence-electron chi connectivity index (χ3n) is 2.84. The van der Waals surface area contributed by atoms with E-state index in [1.54, 1.807) is 0 Å². The maximum Gasteiger partial charge on any atom is 0.227 e. The zero-order valence-electron chi connectivity index (χ0n) is 9.90. The molecule has 0 unspecified atom stereocenters. The van der Waals surface area contributed by atoms with E-state index in [9.17, 15) is 0 Å². The molecule has 0 aliphatic heterocycles. The molecule has 0 saturated heterocycles. The van der Waals surface area contributed by atoms with Gasteiger partial charge >= 0.3 is 0 Å². The molecular weight excluding hydrogens is 209 g/mol. The molecule has 1 aromatic heterocycles. The average Bonchev–Trinajstić information content (AvgIpc) is 2.72. The fourth-order valence-electron chi connectivity index (χ4n) is 1.85. The van der Waals surface area contributed by atoms with Crippen molar-refractivity contribution >= 4 is 24.4 Å². The van der Waals surface area contributed by atoms with Crippen LogP contribution in [0.3, 0.4) is 0 Å². The molecule has 0 aliphatic carbocycles. The maximum atomic E-state index is 5.76. The molecule has 82 valence electrons. The Morgan fingerprint density at radius 1 is 1.06 bits per heavy atom. The van der Waals surface area contributed by atoms with Gasteiger partial charge in [0.25, 0.3) is 0 Å². The standard InChI is InChI=1S/C14H12BNO/c1-9-2-7-12-13(8-9)17-14(16-12)10-3-5-11(15)6-4-10/h2-8H,15H2,1H3. The number of rotatable bonds is 1. The minimum atomic E-state index is 0.686. The molecule has 0 N–H and O–H groups in total. The van der Waals surface area contributed by atoms with E-state index < -0.39 is 0 Å². The Morgan fingerprint density at radius 3 is 2.59 bits per heavy atom. The highest BCUT2D eigenvalue weighted by Crippen LogP contribution is 2.24. The van der Waals surface area contributed by atoms with Crippen LogP contribution in [0.4, 0.5) is 0 Å². The lowest BCUT2D eigenvalue weighted by atomic mass is 9.95. The number of aromatic nitrogens is 1. The van der Waals surface area contributed by atoms with E-state index in [4.69, 9.17) is 4.42 Å². The first-order valence-electron chi connectivity index (χ1n) is 5.66. The first-order chi connectivity index (χ1) is 8.22. The number of hydrogen-bond acceptors (Lipinski definition) is 2. The molecule has 2 nitrogen and oxygen atoms in total. The summed E-state index contributed by atoms with van der Waals surface area (Å²) >= 11 is 0. The molecule has 17 heavy (non-hydrogen) atoms. The molecule has 3 rings (SSSR count). The van der Waals surface area contributed by atoms with E-state index in [1.807, 2.05) is 37.3 Å². The van der Waals surface area contributed by atoms with Crippen LogP contribution >= 0.6 is 0 Å². The highest BCUT2D eigenvalue weighted by Gasteiger charge is 2.07. The van der Waals surface area contributed by atoms with Crippen molar-refractivity contribution in [3.63, 3.8) is 0 Å². The van der Waals surface area contributed by atoms with E-state index in [0.29, 0.717) is 5.89 Å². The van der Waals surface area contributed by atoms with Crippen molar-refractivity contribution < 1.29 is 4.42 Å². The molecule has 0 atom stereocenters. The molecule has 1 heterocycles. The number of hydrogen-bond donors (Lipinski definition) is 0. The van der Waals surface area contributed by atoms with Gasteiger partial charge < -0.3 is 4.42 Å². The molecule has 0 aliphatic rings. The maximum absolute atomic E-state index is 5.76. The summed E-state index contributed by atoms with van der Waals surface area (Å²) in [6.45, 7) is 2.05. The summed E-state index contributed by atoms with van der Waals surface area (Å²) in [4.78, 5) is 4.49. The van der Waals surface area contributed by atoms with Gasteiger partial charge in [-0.05, 0) is 24.6 Å². The second-order valence-electron chi connectivity index (χ2n) is 4.36. The lowest BCUT2D eigenvalue weighted by Gasteiger charge is -1.95. The molecular formula is C14H12BNO. The van der Waals surface area contributed by atoms with Crippen molar-refractivity contribution in [2.24, 2.45) is 0 Å². The smallest absolute Gasteiger partial charge is 0.227 e. The van der Waals surface area contributed by atoms with Gasteiger partial charge in [0.2, 0.25) is 5.89 Å². The summed E-state index contributed by atoms with van der Waals surface area (Å²) in [6.07, 6.45) is 0. The highest BCUT2D eigenvalue weighted by atomic mass is 16.3. The number of oxazole rings is 1. The van der Waals surface area contributed by atoms with Crippen molar-refractivity contribution in [1.29, 1.82) is 0 Å². The largest absolute Gasteiger partial charge is 0.436 e. The van der Waals surface area contributed by atoms with Gasteiger partial charge in [0.1, 0.15) is 13.4 Å². The Bertz CT molecular complexity index is 670. The number of nitrogens with zero attached hydrogens (tertiary/aromatic N) is 1. The Balaban J connectivity index is 2.14. The van der Waals surface area contributed by atoms with Crippen LogP contribution in [-0.4, -0.2) is 12.8 Å². The monoisotopic (exact) mass is 221 g/mol. The van der Waals surface area contributed by atoms with E-state index in [2.05, 4.69) is 25.0 Å². The molecule has 3 heteroatoms. The molecule has 0 fully saturated rings. The lowest BCUT2D eigenvalue weighted by molar-refractivity contribution is 0.619. The van der Waals surface area contributed by atoms with Gasteiger partial charge in [-0.2, -0.15) is 0 Å². The van der Waals surface area contributed by atoms with Gasteiger partial charge in [0, 0.05) is 5.56 Å². The van der Waals surface area contributed by atoms with Crippen molar-refractivity contribution in [1.82, 2.24) is 4.98 Å². The Morgan fingerprint density at radius 2 is 1.82 bits per heavy atom. The average molecular weight is 221 g/mol. The van der Waals surface area contributed by atoms with Gasteiger partial charge in [-0.1, -0.05) is 35.8 Å². The zero-order chi connectivity index (χ0) is 11.8. The second kappa shape index (κ2) is 3.77. The topological polar surface area (TPSA) is 26.0 Å². The molecule has 0 saturated carbocycles. The fourth-order valence-corrected chi connectivity index (χ4v) is 1.85. The molecule has 3 aromatic rings. The van der Waals surface area contributed by atoms with Gasteiger partial charge in [0.15, 0.2) is 5.58 Å². The van der Waals surface area contributed by atoms with Crippen molar-refractivity contribution in [3.05, 3.63) is 48.0 Å². The van der Waals surface area contributed by atoms with Gasteiger partial charge in [-0.25, -0.2) is 4.98 Å². The summed E-state index contributed by atoms with van der Waals surface area (Å²) in [5.74, 6) is 0.686. The molecule has 0 bridgehead atoms. The van der Waals surface area contributed by atoms with Crippen LogP contribution in [0.5, 0.6) is 0 Å². The summed E-state index contributed by atoms with van der Waals surface area (Å²) < 4.78 is 5.76. The third-order valence-corrected chi connectivity index (χ3v) is 2.84. The zero-order valence-corrected chi connectivity index (χ0v) is 9.90. The highest BCUT2D eigenvalue weighted by molar-refractivity contribution is 6.32. The minimum absolute atomic E-state index is 0.686. The normalized spacial score (nSPS) is 10.9. The van der Waals surface area contributed by atoms with E-state index >= 15 is 0 Å². The van der Waals surface area contributed by atoms with Crippen LogP contribution in [0.15, 0.2) is 46.9 Å². The predicted molar refractivity (Wildman–Crippen MR) is 72.4 cm³/mol. The van der Waals surface area contributed by atoms with Gasteiger partial charge in [0.05, 0.1) is 0 Å². The lowest BCUT2D eigenvalue weighted by Crippen LogP contribution is -1.99. The SMILES string of the molecule is Bc1ccc(-c2nc3ccc(C)cc3o2)cc1. The molecule has 0 amide bonds. The van der Waals surface area contributed by atoms with Crippen molar-refractivity contribution in [2.45, 2.75) is 6.92 Å². The van der Waals surface area contributed by atoms with Gasteiger partial charge in [-0.15, -0.1) is 0 Å². The van der Waals surface area contributed by atoms with Gasteiger partial charge in [-0.3, -0.25) is 0 Å². The van der Waals surface area contributed by atoms with Crippen LogP contribution in [0.1, 0.15) is 5.56 Å². The van der Waals surface area contributed by atoms with Crippen molar-refractivity contribution in [2.75, 3.05) is 0 Å². The van der Waals surface area contributed by atoms with Crippen LogP contribution in [0, 0.1) is 6.92 Å². The Hall–Kier alpha value is -2.03. The summed E-state index contributed by atoms with van der Waals surface area (Å²) in [5.41, 5.74) is 5.20. The van der Waals surface area contributed by atoms with Crippen LogP contribution in [0.2, 0.25) is 0 Å². The molecule has 2 aromatic carbocycles. The number of aryl methyl sites for hydroxylation is 1. The molecule has 0 radical (unpaired) electrons. The molecule has 0 spiro atoms. The van der Waals surface area contributed by atoms with E-state index in [-0.39, 0.29) is 0 Å². The Labute approximate surface area is 101 Å².